The summed E-state index contributed by atoms with van der Waals surface area (Å²) in [5.74, 6) is 0.00249. The molecule has 0 bridgehead atoms. The van der Waals surface area contributed by atoms with Gasteiger partial charge in [0.1, 0.15) is 11.0 Å². The van der Waals surface area contributed by atoms with Gasteiger partial charge < -0.3 is 14.6 Å². The highest BCUT2D eigenvalue weighted by molar-refractivity contribution is 8.01. The first-order chi connectivity index (χ1) is 14.5. The summed E-state index contributed by atoms with van der Waals surface area (Å²) in [6, 6.07) is 19.7. The molecule has 1 aliphatic heterocycles. The smallest absolute Gasteiger partial charge is 0.241 e. The number of furan rings is 1. The molecule has 3 aromatic rings. The summed E-state index contributed by atoms with van der Waals surface area (Å²) in [6.07, 6.45) is 1.57. The van der Waals surface area contributed by atoms with Gasteiger partial charge in [0, 0.05) is 4.90 Å². The monoisotopic (exact) mass is 420 g/mol. The quantitative estimate of drug-likeness (QED) is 0.636. The van der Waals surface area contributed by atoms with E-state index in [0.717, 1.165) is 16.1 Å². The van der Waals surface area contributed by atoms with Gasteiger partial charge in [0.2, 0.25) is 11.8 Å². The Labute approximate surface area is 180 Å². The van der Waals surface area contributed by atoms with Crippen molar-refractivity contribution in [1.82, 2.24) is 5.32 Å². The van der Waals surface area contributed by atoms with E-state index in [0.29, 0.717) is 18.8 Å². The number of carbonyl (C=O) groups excluding carboxylic acids is 2. The Hall–Kier alpha value is -2.99. The Morgan fingerprint density at radius 3 is 2.63 bits per heavy atom. The Morgan fingerprint density at radius 1 is 1.13 bits per heavy atom. The molecule has 0 radical (unpaired) electrons. The molecule has 4 rings (SSSR count). The lowest BCUT2D eigenvalue weighted by Gasteiger charge is -2.35. The minimum absolute atomic E-state index is 0.0417. The molecule has 1 N–H and O–H groups in total. The predicted molar refractivity (Wildman–Crippen MR) is 118 cm³/mol. The van der Waals surface area contributed by atoms with Crippen LogP contribution in [0.1, 0.15) is 23.8 Å². The van der Waals surface area contributed by atoms with E-state index in [9.17, 15) is 9.59 Å². The molecule has 2 heterocycles. The van der Waals surface area contributed by atoms with Gasteiger partial charge in [0.15, 0.2) is 0 Å². The summed E-state index contributed by atoms with van der Waals surface area (Å²) in [4.78, 5) is 29.0. The van der Waals surface area contributed by atoms with Crippen LogP contribution in [-0.4, -0.2) is 17.1 Å². The molecule has 30 heavy (non-hydrogen) atoms. The number of thioether (sulfide) groups is 1. The SMILES string of the molecule is Cc1ccc(CN2C(=O)[C@H]([C@@H](C)C(=O)NCc3ccco3)Sc3ccccc32)cc1. The van der Waals surface area contributed by atoms with Gasteiger partial charge in [-0.3, -0.25) is 9.59 Å². The maximum absolute atomic E-state index is 13.4. The number of rotatable bonds is 6. The molecule has 1 aromatic heterocycles. The maximum atomic E-state index is 13.4. The van der Waals surface area contributed by atoms with Gasteiger partial charge in [-0.1, -0.05) is 48.9 Å². The summed E-state index contributed by atoms with van der Waals surface area (Å²) in [5.41, 5.74) is 3.14. The van der Waals surface area contributed by atoms with Gasteiger partial charge in [-0.15, -0.1) is 11.8 Å². The van der Waals surface area contributed by atoms with Crippen LogP contribution in [0.4, 0.5) is 5.69 Å². The van der Waals surface area contributed by atoms with Crippen LogP contribution in [-0.2, 0) is 22.7 Å². The molecule has 0 saturated heterocycles. The van der Waals surface area contributed by atoms with Crippen molar-refractivity contribution in [3.05, 3.63) is 83.8 Å². The number of nitrogens with one attached hydrogen (secondary N) is 1. The number of amides is 2. The number of para-hydroxylation sites is 1. The highest BCUT2D eigenvalue weighted by Gasteiger charge is 2.39. The number of benzene rings is 2. The van der Waals surface area contributed by atoms with Gasteiger partial charge in [0.25, 0.3) is 0 Å². The van der Waals surface area contributed by atoms with Crippen LogP contribution >= 0.6 is 11.8 Å². The number of carbonyl (C=O) groups is 2. The summed E-state index contributed by atoms with van der Waals surface area (Å²) >= 11 is 1.47. The number of hydrogen-bond acceptors (Lipinski definition) is 4. The Morgan fingerprint density at radius 2 is 1.90 bits per heavy atom. The van der Waals surface area contributed by atoms with Crippen LogP contribution in [0.25, 0.3) is 0 Å². The van der Waals surface area contributed by atoms with Gasteiger partial charge in [-0.2, -0.15) is 0 Å². The van der Waals surface area contributed by atoms with Crippen LogP contribution in [0.5, 0.6) is 0 Å². The molecule has 2 atom stereocenters. The zero-order valence-corrected chi connectivity index (χ0v) is 17.8. The van der Waals surface area contributed by atoms with Crippen molar-refractivity contribution in [3.63, 3.8) is 0 Å². The van der Waals surface area contributed by atoms with E-state index in [-0.39, 0.29) is 11.8 Å². The topological polar surface area (TPSA) is 62.6 Å². The van der Waals surface area contributed by atoms with Crippen LogP contribution < -0.4 is 10.2 Å². The largest absolute Gasteiger partial charge is 0.467 e. The normalized spacial score (nSPS) is 16.8. The number of anilines is 1. The molecule has 0 aliphatic carbocycles. The molecule has 154 valence electrons. The Balaban J connectivity index is 1.54. The molecule has 2 amide bonds. The molecular formula is C24H24N2O3S. The molecule has 0 unspecified atom stereocenters. The highest BCUT2D eigenvalue weighted by atomic mass is 32.2. The third kappa shape index (κ3) is 4.28. The predicted octanol–water partition coefficient (Wildman–Crippen LogP) is 4.55. The second-order valence-corrected chi connectivity index (χ2v) is 8.69. The zero-order valence-electron chi connectivity index (χ0n) is 17.0. The fourth-order valence-electron chi connectivity index (χ4n) is 3.48. The summed E-state index contributed by atoms with van der Waals surface area (Å²) in [5, 5.41) is 2.40. The van der Waals surface area contributed by atoms with E-state index < -0.39 is 11.2 Å². The first-order valence-corrected chi connectivity index (χ1v) is 10.8. The molecule has 6 heteroatoms. The van der Waals surface area contributed by atoms with E-state index in [1.165, 1.54) is 17.3 Å². The Bertz CT molecular complexity index is 1030. The first kappa shape index (κ1) is 20.3. The second kappa shape index (κ2) is 8.79. The van der Waals surface area contributed by atoms with E-state index in [1.54, 1.807) is 17.2 Å². The third-order valence-corrected chi connectivity index (χ3v) is 6.73. The van der Waals surface area contributed by atoms with Gasteiger partial charge >= 0.3 is 0 Å². The number of fused-ring (bicyclic) bond motifs is 1. The number of aryl methyl sites for hydroxylation is 1. The van der Waals surface area contributed by atoms with Crippen molar-refractivity contribution in [2.24, 2.45) is 5.92 Å². The standard InChI is InChI=1S/C24H24N2O3S/c1-16-9-11-18(12-10-16)15-26-20-7-3-4-8-21(20)30-22(24(26)28)17(2)23(27)25-14-19-6-5-13-29-19/h3-13,17,22H,14-15H2,1-2H3,(H,25,27)/t17-,22+/m1/s1. The maximum Gasteiger partial charge on any atom is 0.241 e. The van der Waals surface area contributed by atoms with Crippen molar-refractivity contribution in [1.29, 1.82) is 0 Å². The fourth-order valence-corrected chi connectivity index (χ4v) is 4.77. The van der Waals surface area contributed by atoms with E-state index >= 15 is 0 Å². The van der Waals surface area contributed by atoms with Crippen molar-refractivity contribution in [2.45, 2.75) is 37.1 Å². The average molecular weight is 421 g/mol. The van der Waals surface area contributed by atoms with E-state index in [4.69, 9.17) is 4.42 Å². The lowest BCUT2D eigenvalue weighted by atomic mass is 10.0. The molecule has 1 aliphatic rings. The fraction of sp³-hybridized carbons (Fsp3) is 0.250. The molecule has 0 saturated carbocycles. The molecule has 2 aromatic carbocycles. The number of hydrogen-bond donors (Lipinski definition) is 1. The molecule has 0 fully saturated rings. The van der Waals surface area contributed by atoms with Crippen LogP contribution in [0.2, 0.25) is 0 Å². The van der Waals surface area contributed by atoms with Crippen molar-refractivity contribution < 1.29 is 14.0 Å². The van der Waals surface area contributed by atoms with Crippen molar-refractivity contribution >= 4 is 29.3 Å². The van der Waals surface area contributed by atoms with Gasteiger partial charge in [-0.05, 0) is 36.8 Å². The number of nitrogens with zero attached hydrogens (tertiary/aromatic N) is 1. The summed E-state index contributed by atoms with van der Waals surface area (Å²) in [7, 11) is 0. The zero-order chi connectivity index (χ0) is 21.1. The van der Waals surface area contributed by atoms with Crippen molar-refractivity contribution in [3.8, 4) is 0 Å². The first-order valence-electron chi connectivity index (χ1n) is 9.95. The lowest BCUT2D eigenvalue weighted by Crippen LogP contribution is -2.47. The van der Waals surface area contributed by atoms with E-state index in [1.807, 2.05) is 68.4 Å². The second-order valence-electron chi connectivity index (χ2n) is 7.50. The summed E-state index contributed by atoms with van der Waals surface area (Å²) in [6.45, 7) is 4.64. The minimum Gasteiger partial charge on any atom is -0.467 e. The van der Waals surface area contributed by atoms with Gasteiger partial charge in [0.05, 0.1) is 31.0 Å². The third-order valence-electron chi connectivity index (χ3n) is 5.27. The van der Waals surface area contributed by atoms with Crippen LogP contribution in [0.3, 0.4) is 0 Å². The molecule has 5 nitrogen and oxygen atoms in total. The van der Waals surface area contributed by atoms with Gasteiger partial charge in [-0.25, -0.2) is 0 Å². The van der Waals surface area contributed by atoms with Crippen LogP contribution in [0, 0.1) is 12.8 Å². The summed E-state index contributed by atoms with van der Waals surface area (Å²) < 4.78 is 5.27. The molecular weight excluding hydrogens is 396 g/mol. The Kier molecular flexibility index (Phi) is 5.95. The average Bonchev–Trinajstić information content (AvgIpc) is 3.28. The van der Waals surface area contributed by atoms with Crippen molar-refractivity contribution in [2.75, 3.05) is 4.90 Å². The van der Waals surface area contributed by atoms with E-state index in [2.05, 4.69) is 5.32 Å². The highest BCUT2D eigenvalue weighted by Crippen LogP contribution is 2.42. The minimum atomic E-state index is -0.484. The molecule has 0 spiro atoms. The van der Waals surface area contributed by atoms with Crippen LogP contribution in [0.15, 0.2) is 76.2 Å². The lowest BCUT2D eigenvalue weighted by molar-refractivity contribution is -0.128.